The van der Waals surface area contributed by atoms with E-state index in [4.69, 9.17) is 5.73 Å². The fourth-order valence-corrected chi connectivity index (χ4v) is 2.19. The summed E-state index contributed by atoms with van der Waals surface area (Å²) in [7, 11) is 0. The van der Waals surface area contributed by atoms with Gasteiger partial charge in [0.2, 0.25) is 0 Å². The molecule has 0 aromatic carbocycles. The third kappa shape index (κ3) is 1.57. The molecule has 2 nitrogen and oxygen atoms in total. The van der Waals surface area contributed by atoms with E-state index in [1.165, 1.54) is 19.3 Å². The van der Waals surface area contributed by atoms with Crippen molar-refractivity contribution in [1.82, 2.24) is 5.32 Å². The van der Waals surface area contributed by atoms with Crippen LogP contribution in [0.1, 0.15) is 33.1 Å². The number of rotatable bonds is 0. The van der Waals surface area contributed by atoms with Crippen LogP contribution < -0.4 is 11.1 Å². The van der Waals surface area contributed by atoms with Crippen molar-refractivity contribution in [3.05, 3.63) is 0 Å². The highest BCUT2D eigenvalue weighted by molar-refractivity contribution is 5.03. The monoisotopic (exact) mass is 156 g/mol. The number of fused-ring (bicyclic) bond motifs is 1. The summed E-state index contributed by atoms with van der Waals surface area (Å²) in [5.74, 6) is 0.789. The Morgan fingerprint density at radius 2 is 2.18 bits per heavy atom. The molecule has 1 saturated heterocycles. The molecule has 0 radical (unpaired) electrons. The zero-order valence-electron chi connectivity index (χ0n) is 7.69. The molecule has 1 aliphatic heterocycles. The summed E-state index contributed by atoms with van der Waals surface area (Å²) in [4.78, 5) is 0. The predicted molar refractivity (Wildman–Crippen MR) is 48.5 cm³/mol. The minimum Gasteiger partial charge on any atom is -0.324 e. The molecule has 1 heterocycles. The Morgan fingerprint density at radius 3 is 2.82 bits per heavy atom. The molecule has 2 unspecified atom stereocenters. The lowest BCUT2D eigenvalue weighted by Crippen LogP contribution is -2.43. The Bertz CT molecular complexity index is 113. The van der Waals surface area contributed by atoms with E-state index in [9.17, 15) is 0 Å². The highest BCUT2D eigenvalue weighted by Gasteiger charge is 2.42. The third-order valence-corrected chi connectivity index (χ3v) is 2.85. The van der Waals surface area contributed by atoms with Gasteiger partial charge in [-0.15, -0.1) is 0 Å². The molecule has 2 fully saturated rings. The summed E-state index contributed by atoms with van der Waals surface area (Å²) in [6, 6.07) is 0. The maximum Gasteiger partial charge on any atom is 0.0321 e. The molecular formula is C9H20N2. The first-order chi connectivity index (χ1) is 5.31. The first kappa shape index (κ1) is 9.01. The second kappa shape index (κ2) is 3.55. The lowest BCUT2D eigenvalue weighted by atomic mass is 9.92. The first-order valence-electron chi connectivity index (χ1n) is 4.81. The van der Waals surface area contributed by atoms with Gasteiger partial charge in [-0.25, -0.2) is 0 Å². The smallest absolute Gasteiger partial charge is 0.0321 e. The maximum atomic E-state index is 6.10. The molecule has 0 bridgehead atoms. The molecule has 3 N–H and O–H groups in total. The van der Waals surface area contributed by atoms with Gasteiger partial charge in [0.15, 0.2) is 0 Å². The second-order valence-electron chi connectivity index (χ2n) is 3.45. The molecule has 0 aromatic rings. The van der Waals surface area contributed by atoms with Crippen LogP contribution in [0.15, 0.2) is 0 Å². The lowest BCUT2D eigenvalue weighted by molar-refractivity contribution is 0.402. The van der Waals surface area contributed by atoms with Crippen molar-refractivity contribution in [3.63, 3.8) is 0 Å². The van der Waals surface area contributed by atoms with Crippen LogP contribution in [-0.4, -0.2) is 18.6 Å². The Balaban J connectivity index is 0.000000281. The van der Waals surface area contributed by atoms with Crippen molar-refractivity contribution in [2.45, 2.75) is 38.6 Å². The minimum absolute atomic E-state index is 0.194. The minimum atomic E-state index is 0.194. The Labute approximate surface area is 69.5 Å². The molecule has 0 aromatic heterocycles. The number of nitrogens with one attached hydrogen (secondary N) is 1. The average molecular weight is 156 g/mol. The fourth-order valence-electron chi connectivity index (χ4n) is 2.19. The normalized spacial score (nSPS) is 41.2. The molecule has 1 aliphatic carbocycles. The maximum absolute atomic E-state index is 6.10. The summed E-state index contributed by atoms with van der Waals surface area (Å²) in [5.41, 5.74) is 6.30. The second-order valence-corrected chi connectivity index (χ2v) is 3.45. The zero-order chi connectivity index (χ0) is 8.32. The van der Waals surface area contributed by atoms with E-state index in [0.717, 1.165) is 19.0 Å². The quantitative estimate of drug-likeness (QED) is 0.551. The predicted octanol–water partition coefficient (Wildman–Crippen LogP) is 1.11. The van der Waals surface area contributed by atoms with Crippen molar-refractivity contribution < 1.29 is 0 Å². The van der Waals surface area contributed by atoms with E-state index in [0.29, 0.717) is 0 Å². The van der Waals surface area contributed by atoms with Crippen LogP contribution in [0, 0.1) is 5.92 Å². The molecule has 2 heteroatoms. The van der Waals surface area contributed by atoms with Crippen LogP contribution in [-0.2, 0) is 0 Å². The summed E-state index contributed by atoms with van der Waals surface area (Å²) < 4.78 is 0. The summed E-state index contributed by atoms with van der Waals surface area (Å²) in [5, 5.41) is 3.34. The topological polar surface area (TPSA) is 38.0 Å². The number of nitrogens with two attached hydrogens (primary N) is 1. The van der Waals surface area contributed by atoms with Gasteiger partial charge in [0.05, 0.1) is 0 Å². The van der Waals surface area contributed by atoms with Gasteiger partial charge in [0, 0.05) is 12.1 Å². The average Bonchev–Trinajstić information content (AvgIpc) is 2.49. The molecule has 2 rings (SSSR count). The highest BCUT2D eigenvalue weighted by Crippen LogP contribution is 2.35. The van der Waals surface area contributed by atoms with E-state index in [-0.39, 0.29) is 5.54 Å². The van der Waals surface area contributed by atoms with Crippen LogP contribution in [0.25, 0.3) is 0 Å². The van der Waals surface area contributed by atoms with Gasteiger partial charge in [-0.3, -0.25) is 0 Å². The molecule has 1 saturated carbocycles. The molecule has 66 valence electrons. The first-order valence-corrected chi connectivity index (χ1v) is 4.81. The molecule has 0 spiro atoms. The van der Waals surface area contributed by atoms with Crippen molar-refractivity contribution in [2.75, 3.05) is 13.1 Å². The fraction of sp³-hybridized carbons (Fsp3) is 1.00. The third-order valence-electron chi connectivity index (χ3n) is 2.85. The lowest BCUT2D eigenvalue weighted by Gasteiger charge is -2.21. The van der Waals surface area contributed by atoms with E-state index in [1.54, 1.807) is 0 Å². The van der Waals surface area contributed by atoms with Gasteiger partial charge < -0.3 is 11.1 Å². The molecule has 11 heavy (non-hydrogen) atoms. The van der Waals surface area contributed by atoms with E-state index in [2.05, 4.69) is 5.32 Å². The van der Waals surface area contributed by atoms with Gasteiger partial charge in [0.25, 0.3) is 0 Å². The van der Waals surface area contributed by atoms with Crippen LogP contribution in [0.3, 0.4) is 0 Å². The molecular weight excluding hydrogens is 136 g/mol. The van der Waals surface area contributed by atoms with E-state index < -0.39 is 0 Å². The van der Waals surface area contributed by atoms with Crippen molar-refractivity contribution in [2.24, 2.45) is 11.7 Å². The van der Waals surface area contributed by atoms with Gasteiger partial charge in [-0.05, 0) is 25.3 Å². The highest BCUT2D eigenvalue weighted by atomic mass is 15.0. The van der Waals surface area contributed by atoms with Crippen LogP contribution in [0.2, 0.25) is 0 Å². The Morgan fingerprint density at radius 1 is 1.45 bits per heavy atom. The summed E-state index contributed by atoms with van der Waals surface area (Å²) >= 11 is 0. The van der Waals surface area contributed by atoms with Crippen LogP contribution >= 0.6 is 0 Å². The van der Waals surface area contributed by atoms with Gasteiger partial charge in [0.1, 0.15) is 0 Å². The van der Waals surface area contributed by atoms with Crippen LogP contribution in [0.4, 0.5) is 0 Å². The van der Waals surface area contributed by atoms with Crippen molar-refractivity contribution in [1.29, 1.82) is 0 Å². The molecule has 0 amide bonds. The largest absolute Gasteiger partial charge is 0.324 e. The number of hydrogen-bond acceptors (Lipinski definition) is 2. The van der Waals surface area contributed by atoms with Gasteiger partial charge in [-0.1, -0.05) is 20.3 Å². The van der Waals surface area contributed by atoms with Gasteiger partial charge in [-0.2, -0.15) is 0 Å². The van der Waals surface area contributed by atoms with Crippen molar-refractivity contribution >= 4 is 0 Å². The Hall–Kier alpha value is -0.0800. The number of hydrogen-bond donors (Lipinski definition) is 2. The standard InChI is InChI=1S/C7H14N2.C2H6/c8-7-3-1-2-6(7)4-9-5-7;1-2/h6,9H,1-5,8H2;1-2H3. The van der Waals surface area contributed by atoms with Gasteiger partial charge >= 0.3 is 0 Å². The zero-order valence-corrected chi connectivity index (χ0v) is 7.69. The molecule has 2 atom stereocenters. The van der Waals surface area contributed by atoms with E-state index in [1.807, 2.05) is 13.8 Å². The molecule has 2 aliphatic rings. The van der Waals surface area contributed by atoms with Crippen molar-refractivity contribution in [3.8, 4) is 0 Å². The Kier molecular flexibility index (Phi) is 2.90. The van der Waals surface area contributed by atoms with E-state index >= 15 is 0 Å². The SMILES string of the molecule is CC.NC12CCCC1CNC2. The summed E-state index contributed by atoms with van der Waals surface area (Å²) in [6.07, 6.45) is 3.94. The van der Waals surface area contributed by atoms with Crippen LogP contribution in [0.5, 0.6) is 0 Å². The summed E-state index contributed by atoms with van der Waals surface area (Å²) in [6.45, 7) is 6.22.